The molecule has 0 aliphatic carbocycles. The summed E-state index contributed by atoms with van der Waals surface area (Å²) in [4.78, 5) is 41.3. The molecule has 0 spiro atoms. The Morgan fingerprint density at radius 3 is 1.11 bits per heavy atom. The first-order valence-electron chi connectivity index (χ1n) is 15.2. The van der Waals surface area contributed by atoms with Crippen LogP contribution in [0.1, 0.15) is 13.8 Å². The van der Waals surface area contributed by atoms with Crippen LogP contribution in [0.3, 0.4) is 0 Å². The number of nitrogens with one attached hydrogen (secondary N) is 2. The summed E-state index contributed by atoms with van der Waals surface area (Å²) < 4.78 is 67.0. The fourth-order valence-electron chi connectivity index (χ4n) is 4.06. The molecule has 4 aromatic rings. The Hall–Kier alpha value is -4.17. The number of carbonyl (C=O) groups is 2. The molecule has 2 amide bonds. The number of amides is 2. The van der Waals surface area contributed by atoms with Crippen molar-refractivity contribution in [2.24, 2.45) is 20.5 Å². The van der Waals surface area contributed by atoms with E-state index in [1.165, 1.54) is 24.3 Å². The molecule has 0 aliphatic rings. The Morgan fingerprint density at radius 1 is 0.581 bits per heavy atom. The summed E-state index contributed by atoms with van der Waals surface area (Å²) in [6.45, 7) is 1.97. The zero-order valence-corrected chi connectivity index (χ0v) is 41.1. The minimum atomic E-state index is -5.35. The second-order valence-corrected chi connectivity index (χ2v) is 13.6. The van der Waals surface area contributed by atoms with Crippen molar-refractivity contribution in [2.45, 2.75) is 23.6 Å². The fraction of sp³-hybridized carbons (Fsp3) is 0.0625. The standard InChI is InChI=1S/2C16H14N4O8S.Co.3Na/c2*1-9(21)14(16(23)17-10-5-3-2-4-6-10)19-18-12-7-11(20(24)25)8-13(15(12)22)29(26,27)28;;;;/h2*2-8,21-22H,1H3,(H,17,23)(H,26,27,28);;;;/q;;+3;3*+1/p-6/b2*14-9-,19-18?;;;;. The van der Waals surface area contributed by atoms with Gasteiger partial charge in [0.15, 0.2) is 0 Å². The molecule has 2 N–H and O–H groups in total. The summed E-state index contributed by atoms with van der Waals surface area (Å²) in [7, 11) is -10.7. The number of non-ortho nitro benzene ring substituents is 2. The van der Waals surface area contributed by atoms with Crippen molar-refractivity contribution >= 4 is 66.2 Å². The first-order chi connectivity index (χ1) is 27.0. The predicted molar refractivity (Wildman–Crippen MR) is 186 cm³/mol. The molecule has 0 fully saturated rings. The normalized spacial score (nSPS) is 11.7. The Labute approximate surface area is 427 Å². The Kier molecular flexibility index (Phi) is 25.6. The van der Waals surface area contributed by atoms with Gasteiger partial charge in [-0.1, -0.05) is 61.7 Å². The van der Waals surface area contributed by atoms with Crippen LogP contribution in [0.2, 0.25) is 0 Å². The Bertz CT molecular complexity index is 2450. The fourth-order valence-corrected chi connectivity index (χ4v) is 5.25. The minimum absolute atomic E-state index is 0. The molecular weight excluding hydrogens is 944 g/mol. The van der Waals surface area contributed by atoms with Crippen molar-refractivity contribution < 1.29 is 171 Å². The number of para-hydroxylation sites is 2. The van der Waals surface area contributed by atoms with Gasteiger partial charge in [0, 0.05) is 35.6 Å². The summed E-state index contributed by atoms with van der Waals surface area (Å²) >= 11 is 0. The third kappa shape index (κ3) is 17.5. The van der Waals surface area contributed by atoms with Crippen LogP contribution in [-0.2, 0) is 46.6 Å². The van der Waals surface area contributed by atoms with E-state index in [9.17, 15) is 76.2 Å². The molecule has 0 saturated carbocycles. The van der Waals surface area contributed by atoms with Gasteiger partial charge < -0.3 is 40.2 Å². The monoisotopic (exact) mass is 966 g/mol. The zero-order valence-electron chi connectivity index (χ0n) is 32.4. The van der Waals surface area contributed by atoms with Crippen molar-refractivity contribution in [3.63, 3.8) is 0 Å². The molecule has 0 saturated heterocycles. The number of hydrogen-bond acceptors (Lipinski definition) is 20. The summed E-state index contributed by atoms with van der Waals surface area (Å²) in [6, 6.07) is 17.6. The molecular formula is C32H22CoN8Na3O16S2. The van der Waals surface area contributed by atoms with Crippen molar-refractivity contribution in [1.82, 2.24) is 0 Å². The van der Waals surface area contributed by atoms with Crippen molar-refractivity contribution in [2.75, 3.05) is 10.6 Å². The second-order valence-electron chi connectivity index (χ2n) is 10.9. The van der Waals surface area contributed by atoms with E-state index in [0.717, 1.165) is 13.8 Å². The van der Waals surface area contributed by atoms with Gasteiger partial charge in [-0.15, -0.1) is 21.7 Å². The molecule has 0 bridgehead atoms. The molecule has 4 aromatic carbocycles. The van der Waals surface area contributed by atoms with Gasteiger partial charge >= 0.3 is 105 Å². The second kappa shape index (κ2) is 26.5. The first kappa shape index (κ1) is 59.9. The predicted octanol–water partition coefficient (Wildman–Crippen LogP) is -7.22. The van der Waals surface area contributed by atoms with Gasteiger partial charge in [-0.25, -0.2) is 16.8 Å². The van der Waals surface area contributed by atoms with Crippen molar-refractivity contribution in [1.29, 1.82) is 0 Å². The van der Waals surface area contributed by atoms with Gasteiger partial charge in [0.05, 0.1) is 31.0 Å². The van der Waals surface area contributed by atoms with E-state index in [-0.39, 0.29) is 105 Å². The molecule has 24 nitrogen and oxygen atoms in total. The van der Waals surface area contributed by atoms with Gasteiger partial charge in [-0.3, -0.25) is 29.8 Å². The molecule has 0 atom stereocenters. The van der Waals surface area contributed by atoms with Crippen LogP contribution in [-0.4, -0.2) is 47.6 Å². The Morgan fingerprint density at radius 2 is 0.871 bits per heavy atom. The van der Waals surface area contributed by atoms with Crippen molar-refractivity contribution in [3.05, 3.63) is 128 Å². The Balaban J connectivity index is 0. The number of azo groups is 2. The number of nitro benzene ring substituents is 2. The van der Waals surface area contributed by atoms with Crippen LogP contribution in [0.25, 0.3) is 0 Å². The van der Waals surface area contributed by atoms with E-state index in [4.69, 9.17) is 0 Å². The molecule has 0 heterocycles. The molecule has 0 radical (unpaired) electrons. The van der Waals surface area contributed by atoms with Gasteiger partial charge in [-0.2, -0.15) is 10.2 Å². The van der Waals surface area contributed by atoms with Gasteiger partial charge in [0.2, 0.25) is 0 Å². The number of nitro groups is 2. The minimum Gasteiger partial charge on any atom is -0.874 e. The number of allylic oxidation sites excluding steroid dienone is 2. The van der Waals surface area contributed by atoms with E-state index in [0.29, 0.717) is 35.6 Å². The summed E-state index contributed by atoms with van der Waals surface area (Å²) in [5, 5.41) is 87.4. The van der Waals surface area contributed by atoms with Gasteiger partial charge in [-0.05, 0) is 24.3 Å². The topological polar surface area (TPSA) is 401 Å². The number of hydrogen-bond donors (Lipinski definition) is 2. The maximum atomic E-state index is 12.2. The molecule has 62 heavy (non-hydrogen) atoms. The summed E-state index contributed by atoms with van der Waals surface area (Å²) in [6.07, 6.45) is 0. The van der Waals surface area contributed by atoms with Crippen molar-refractivity contribution in [3.8, 4) is 11.5 Å². The molecule has 310 valence electrons. The van der Waals surface area contributed by atoms with Crippen LogP contribution >= 0.6 is 0 Å². The molecule has 4 rings (SSSR count). The van der Waals surface area contributed by atoms with Crippen LogP contribution in [0.15, 0.2) is 138 Å². The van der Waals surface area contributed by atoms with E-state index in [1.807, 2.05) is 0 Å². The molecule has 30 heteroatoms. The van der Waals surface area contributed by atoms with Crippen LogP contribution < -0.4 is 120 Å². The van der Waals surface area contributed by atoms with E-state index in [2.05, 4.69) is 31.1 Å². The van der Waals surface area contributed by atoms with Gasteiger partial charge in [0.1, 0.15) is 31.6 Å². The number of anilines is 2. The third-order valence-electron chi connectivity index (χ3n) is 6.68. The average molecular weight is 967 g/mol. The SMILES string of the molecule is C/C([O-])=C(/N=Nc1cc([N+](=O)[O-])cc(S(=O)(=O)[O-])c1[O-])C(=O)Nc1ccccc1.C/C([O-])=C(/N=Nc1cc([N+](=O)[O-])cc(S(=O)(=O)[O-])c1[O-])C(=O)Nc1ccccc1.[Co+3].[Na+].[Na+].[Na+]. The quantitative estimate of drug-likeness (QED) is 0.0253. The smallest absolute Gasteiger partial charge is 0.874 e. The maximum absolute atomic E-state index is 12.2. The first-order valence-corrected chi connectivity index (χ1v) is 18.1. The number of rotatable bonds is 12. The van der Waals surface area contributed by atoms with Crippen LogP contribution in [0, 0.1) is 20.2 Å². The number of benzene rings is 4. The maximum Gasteiger partial charge on any atom is 3.00 e. The third-order valence-corrected chi connectivity index (χ3v) is 8.36. The largest absolute Gasteiger partial charge is 3.00 e. The average Bonchev–Trinajstić information content (AvgIpc) is 3.12. The molecule has 0 aromatic heterocycles. The van der Waals surface area contributed by atoms with Crippen LogP contribution in [0.5, 0.6) is 11.5 Å². The molecule has 0 aliphatic heterocycles. The zero-order chi connectivity index (χ0) is 43.5. The molecule has 0 unspecified atom stereocenters. The number of nitrogens with zero attached hydrogens (tertiary/aromatic N) is 6. The van der Waals surface area contributed by atoms with Crippen LogP contribution in [0.4, 0.5) is 34.1 Å². The summed E-state index contributed by atoms with van der Waals surface area (Å²) in [5.74, 6) is -6.58. The van der Waals surface area contributed by atoms with E-state index >= 15 is 0 Å². The van der Waals surface area contributed by atoms with E-state index < -0.39 is 109 Å². The van der Waals surface area contributed by atoms with Gasteiger partial charge in [0.25, 0.3) is 23.2 Å². The number of carbonyl (C=O) groups excluding carboxylic acids is 2. The van der Waals surface area contributed by atoms with E-state index in [1.54, 1.807) is 36.4 Å². The summed E-state index contributed by atoms with van der Waals surface area (Å²) in [5.41, 5.74) is -4.49.